The highest BCUT2D eigenvalue weighted by Crippen LogP contribution is 2.22. The average molecular weight is 336 g/mol. The third-order valence-corrected chi connectivity index (χ3v) is 3.67. The first-order chi connectivity index (χ1) is 11.2. The first-order valence-corrected chi connectivity index (χ1v) is 8.04. The quantitative estimate of drug-likeness (QED) is 0.773. The highest BCUT2D eigenvalue weighted by atomic mass is 16.6. The molecule has 1 aliphatic rings. The Hall–Kier alpha value is -2.38. The summed E-state index contributed by atoms with van der Waals surface area (Å²) in [7, 11) is 0. The van der Waals surface area contributed by atoms with E-state index in [2.05, 4.69) is 20.6 Å². The number of hydrogen-bond donors (Lipinski definition) is 3. The van der Waals surface area contributed by atoms with Crippen LogP contribution in [0.25, 0.3) is 0 Å². The number of carboxylic acids is 1. The van der Waals surface area contributed by atoms with Crippen molar-refractivity contribution in [2.75, 3.05) is 5.32 Å². The molecule has 1 fully saturated rings. The van der Waals surface area contributed by atoms with Crippen LogP contribution in [0.3, 0.4) is 0 Å². The fraction of sp³-hybridized carbons (Fsp3) is 0.625. The predicted octanol–water partition coefficient (Wildman–Crippen LogP) is 2.42. The molecule has 1 amide bonds. The molecule has 1 heterocycles. The molecule has 2 rings (SSSR count). The second-order valence-corrected chi connectivity index (χ2v) is 6.93. The maximum atomic E-state index is 11.8. The van der Waals surface area contributed by atoms with Crippen LogP contribution in [0.5, 0.6) is 0 Å². The van der Waals surface area contributed by atoms with Crippen LogP contribution in [-0.4, -0.2) is 44.8 Å². The molecule has 8 nitrogen and oxygen atoms in total. The fourth-order valence-corrected chi connectivity index (χ4v) is 2.58. The molecule has 1 saturated carbocycles. The second-order valence-electron chi connectivity index (χ2n) is 6.93. The summed E-state index contributed by atoms with van der Waals surface area (Å²) in [5, 5.41) is 14.9. The molecule has 1 aliphatic carbocycles. The molecule has 1 aromatic rings. The number of ether oxygens (including phenoxy) is 1. The zero-order chi connectivity index (χ0) is 17.7. The van der Waals surface area contributed by atoms with Gasteiger partial charge in [-0.05, 0) is 46.5 Å². The lowest BCUT2D eigenvalue weighted by molar-refractivity contribution is 0.0491. The van der Waals surface area contributed by atoms with Crippen LogP contribution in [0, 0.1) is 0 Å². The van der Waals surface area contributed by atoms with Crippen LogP contribution in [0.15, 0.2) is 12.4 Å². The first-order valence-electron chi connectivity index (χ1n) is 8.04. The summed E-state index contributed by atoms with van der Waals surface area (Å²) < 4.78 is 5.26. The zero-order valence-electron chi connectivity index (χ0n) is 14.2. The maximum Gasteiger partial charge on any atom is 0.407 e. The molecular weight excluding hydrogens is 312 g/mol. The van der Waals surface area contributed by atoms with Crippen molar-refractivity contribution in [2.24, 2.45) is 0 Å². The van der Waals surface area contributed by atoms with E-state index in [1.165, 1.54) is 12.4 Å². The Morgan fingerprint density at radius 1 is 1.12 bits per heavy atom. The van der Waals surface area contributed by atoms with Crippen molar-refractivity contribution >= 4 is 17.9 Å². The third-order valence-electron chi connectivity index (χ3n) is 3.67. The topological polar surface area (TPSA) is 113 Å². The molecule has 0 aliphatic heterocycles. The Morgan fingerprint density at radius 3 is 2.25 bits per heavy atom. The van der Waals surface area contributed by atoms with Crippen molar-refractivity contribution in [1.29, 1.82) is 0 Å². The Bertz CT molecular complexity index is 575. The highest BCUT2D eigenvalue weighted by molar-refractivity contribution is 5.84. The van der Waals surface area contributed by atoms with E-state index in [0.717, 1.165) is 25.7 Å². The molecule has 0 saturated heterocycles. The summed E-state index contributed by atoms with van der Waals surface area (Å²) in [4.78, 5) is 30.4. The van der Waals surface area contributed by atoms with E-state index in [9.17, 15) is 9.59 Å². The molecule has 3 N–H and O–H groups in total. The number of nitrogens with zero attached hydrogens (tertiary/aromatic N) is 2. The minimum Gasteiger partial charge on any atom is -0.476 e. The maximum absolute atomic E-state index is 11.8. The molecule has 0 aromatic carbocycles. The Labute approximate surface area is 141 Å². The summed E-state index contributed by atoms with van der Waals surface area (Å²) in [6.45, 7) is 5.51. The van der Waals surface area contributed by atoms with Gasteiger partial charge in [-0.25, -0.2) is 19.6 Å². The molecule has 0 atom stereocenters. The van der Waals surface area contributed by atoms with Gasteiger partial charge in [0.15, 0.2) is 5.69 Å². The number of aromatic nitrogens is 2. The summed E-state index contributed by atoms with van der Waals surface area (Å²) in [5.41, 5.74) is -0.574. The molecule has 0 bridgehead atoms. The second kappa shape index (κ2) is 7.46. The summed E-state index contributed by atoms with van der Waals surface area (Å²) in [6, 6.07) is 0.338. The van der Waals surface area contributed by atoms with Gasteiger partial charge in [-0.1, -0.05) is 0 Å². The monoisotopic (exact) mass is 336 g/mol. The van der Waals surface area contributed by atoms with Gasteiger partial charge in [0.1, 0.15) is 11.4 Å². The fourth-order valence-electron chi connectivity index (χ4n) is 2.58. The van der Waals surface area contributed by atoms with Crippen molar-refractivity contribution in [2.45, 2.75) is 64.1 Å². The van der Waals surface area contributed by atoms with E-state index in [0.29, 0.717) is 5.82 Å². The minimum absolute atomic E-state index is 0.0779. The minimum atomic E-state index is -1.09. The number of carboxylic acid groups (broad SMARTS) is 1. The molecule has 0 spiro atoms. The predicted molar refractivity (Wildman–Crippen MR) is 88.0 cm³/mol. The van der Waals surface area contributed by atoms with Crippen molar-refractivity contribution in [3.63, 3.8) is 0 Å². The largest absolute Gasteiger partial charge is 0.476 e. The van der Waals surface area contributed by atoms with Gasteiger partial charge in [0.25, 0.3) is 0 Å². The summed E-state index contributed by atoms with van der Waals surface area (Å²) in [5.74, 6) is -0.536. The van der Waals surface area contributed by atoms with Crippen LogP contribution in [0.2, 0.25) is 0 Å². The number of hydrogen-bond acceptors (Lipinski definition) is 6. The molecule has 0 radical (unpaired) electrons. The van der Waals surface area contributed by atoms with Crippen molar-refractivity contribution in [3.05, 3.63) is 18.1 Å². The van der Waals surface area contributed by atoms with Gasteiger partial charge in [-0.3, -0.25) is 0 Å². The molecule has 8 heteroatoms. The number of anilines is 1. The van der Waals surface area contributed by atoms with E-state index in [4.69, 9.17) is 9.84 Å². The van der Waals surface area contributed by atoms with E-state index in [1.807, 2.05) is 20.8 Å². The SMILES string of the molecule is CC(C)(C)OC(=O)NC1CCC(Nc2cnc(C(=O)O)cn2)CC1. The van der Waals surface area contributed by atoms with E-state index < -0.39 is 11.6 Å². The number of rotatable bonds is 4. The standard InChI is InChI=1S/C16H24N4O4/c1-16(2,3)24-15(23)20-11-6-4-10(5-7-11)19-13-9-17-12(8-18-13)14(21)22/h8-11H,4-7H2,1-3H3,(H,18,19)(H,20,23)(H,21,22). The normalized spacial score (nSPS) is 21.0. The van der Waals surface area contributed by atoms with Crippen LogP contribution in [0.1, 0.15) is 56.9 Å². The van der Waals surface area contributed by atoms with Gasteiger partial charge >= 0.3 is 12.1 Å². The van der Waals surface area contributed by atoms with Gasteiger partial charge in [-0.15, -0.1) is 0 Å². The van der Waals surface area contributed by atoms with Gasteiger partial charge in [0.05, 0.1) is 12.4 Å². The number of nitrogens with one attached hydrogen (secondary N) is 2. The van der Waals surface area contributed by atoms with E-state index in [1.54, 1.807) is 0 Å². The first kappa shape index (κ1) is 18.0. The Balaban J connectivity index is 1.76. The van der Waals surface area contributed by atoms with E-state index in [-0.39, 0.29) is 23.9 Å². The van der Waals surface area contributed by atoms with Gasteiger partial charge < -0.3 is 20.5 Å². The Kier molecular flexibility index (Phi) is 5.58. The molecule has 24 heavy (non-hydrogen) atoms. The lowest BCUT2D eigenvalue weighted by Crippen LogP contribution is -2.42. The lowest BCUT2D eigenvalue weighted by Gasteiger charge is -2.30. The number of carbonyl (C=O) groups is 2. The molecular formula is C16H24N4O4. The van der Waals surface area contributed by atoms with E-state index >= 15 is 0 Å². The van der Waals surface area contributed by atoms with Gasteiger partial charge in [0.2, 0.25) is 0 Å². The van der Waals surface area contributed by atoms with Crippen LogP contribution >= 0.6 is 0 Å². The van der Waals surface area contributed by atoms with Crippen molar-refractivity contribution < 1.29 is 19.4 Å². The van der Waals surface area contributed by atoms with Gasteiger partial charge in [-0.2, -0.15) is 0 Å². The third kappa shape index (κ3) is 5.68. The zero-order valence-corrected chi connectivity index (χ0v) is 14.2. The summed E-state index contributed by atoms with van der Waals surface area (Å²) in [6.07, 6.45) is 5.73. The summed E-state index contributed by atoms with van der Waals surface area (Å²) >= 11 is 0. The van der Waals surface area contributed by atoms with Crippen molar-refractivity contribution in [3.8, 4) is 0 Å². The number of carbonyl (C=O) groups excluding carboxylic acids is 1. The van der Waals surface area contributed by atoms with Crippen LogP contribution in [0.4, 0.5) is 10.6 Å². The van der Waals surface area contributed by atoms with Crippen molar-refractivity contribution in [1.82, 2.24) is 15.3 Å². The molecule has 0 unspecified atom stereocenters. The smallest absolute Gasteiger partial charge is 0.407 e. The number of amides is 1. The molecule has 132 valence electrons. The number of aromatic carboxylic acids is 1. The number of alkyl carbamates (subject to hydrolysis) is 1. The van der Waals surface area contributed by atoms with Crippen LogP contribution in [-0.2, 0) is 4.74 Å². The average Bonchev–Trinajstić information content (AvgIpc) is 2.48. The molecule has 1 aromatic heterocycles. The lowest BCUT2D eigenvalue weighted by atomic mass is 9.91. The van der Waals surface area contributed by atoms with Crippen LogP contribution < -0.4 is 10.6 Å². The highest BCUT2D eigenvalue weighted by Gasteiger charge is 2.25. The Morgan fingerprint density at radius 2 is 1.75 bits per heavy atom. The van der Waals surface area contributed by atoms with Gasteiger partial charge in [0, 0.05) is 12.1 Å².